The average molecular weight is 282 g/mol. The molecule has 0 radical (unpaired) electrons. The fraction of sp³-hybridized carbons (Fsp3) is 0.278. The Morgan fingerprint density at radius 3 is 2.33 bits per heavy atom. The molecule has 2 rings (SSSR count). The van der Waals surface area contributed by atoms with Gasteiger partial charge >= 0.3 is 0 Å². The molecule has 0 bridgehead atoms. The Balaban J connectivity index is 1.82. The van der Waals surface area contributed by atoms with E-state index in [0.717, 1.165) is 22.5 Å². The van der Waals surface area contributed by atoms with Gasteiger partial charge in [0.1, 0.15) is 0 Å². The van der Waals surface area contributed by atoms with Crippen LogP contribution in [-0.2, 0) is 4.79 Å². The van der Waals surface area contributed by atoms with E-state index in [0.29, 0.717) is 13.0 Å². The Hall–Kier alpha value is -2.29. The Labute approximate surface area is 126 Å². The van der Waals surface area contributed by atoms with Crippen molar-refractivity contribution in [3.8, 4) is 0 Å². The van der Waals surface area contributed by atoms with Crippen LogP contribution in [0.3, 0.4) is 0 Å². The minimum atomic E-state index is 0.0308. The standard InChI is InChI=1S/C18H22N2O/c1-13-5-8-16(9-6-13)19-11-10-18(21)20-17-12-14(2)4-7-15(17)3/h4-9,12,19H,10-11H2,1-3H3,(H,20,21). The molecule has 0 aliphatic heterocycles. The fourth-order valence-corrected chi connectivity index (χ4v) is 2.07. The number of anilines is 2. The summed E-state index contributed by atoms with van der Waals surface area (Å²) in [5.74, 6) is 0.0308. The fourth-order valence-electron chi connectivity index (χ4n) is 2.07. The summed E-state index contributed by atoms with van der Waals surface area (Å²) < 4.78 is 0. The Morgan fingerprint density at radius 1 is 0.952 bits per heavy atom. The molecule has 2 aromatic carbocycles. The molecular weight excluding hydrogens is 260 g/mol. The third-order valence-corrected chi connectivity index (χ3v) is 3.40. The molecule has 2 N–H and O–H groups in total. The number of aryl methyl sites for hydroxylation is 3. The zero-order chi connectivity index (χ0) is 15.2. The SMILES string of the molecule is Cc1ccc(NCCC(=O)Nc2cc(C)ccc2C)cc1. The van der Waals surface area contributed by atoms with E-state index in [9.17, 15) is 4.79 Å². The van der Waals surface area contributed by atoms with Gasteiger partial charge in [0.2, 0.25) is 5.91 Å². The molecular formula is C18H22N2O. The molecule has 2 aromatic rings. The first-order valence-electron chi connectivity index (χ1n) is 7.22. The predicted octanol–water partition coefficient (Wildman–Crippen LogP) is 4.05. The second-order valence-corrected chi connectivity index (χ2v) is 5.41. The number of hydrogen-bond donors (Lipinski definition) is 2. The van der Waals surface area contributed by atoms with Crippen molar-refractivity contribution >= 4 is 17.3 Å². The summed E-state index contributed by atoms with van der Waals surface area (Å²) in [7, 11) is 0. The van der Waals surface area contributed by atoms with Gasteiger partial charge in [0.15, 0.2) is 0 Å². The normalized spacial score (nSPS) is 10.2. The van der Waals surface area contributed by atoms with Crippen LogP contribution in [-0.4, -0.2) is 12.5 Å². The smallest absolute Gasteiger partial charge is 0.226 e. The molecule has 0 aliphatic rings. The van der Waals surface area contributed by atoms with Crippen molar-refractivity contribution in [2.75, 3.05) is 17.2 Å². The molecule has 3 nitrogen and oxygen atoms in total. The van der Waals surface area contributed by atoms with E-state index in [1.807, 2.05) is 44.2 Å². The summed E-state index contributed by atoms with van der Waals surface area (Å²) in [6, 6.07) is 14.2. The summed E-state index contributed by atoms with van der Waals surface area (Å²) >= 11 is 0. The van der Waals surface area contributed by atoms with Gasteiger partial charge in [0.25, 0.3) is 0 Å². The zero-order valence-electron chi connectivity index (χ0n) is 12.9. The Morgan fingerprint density at radius 2 is 1.62 bits per heavy atom. The first kappa shape index (κ1) is 15.1. The van der Waals surface area contributed by atoms with Crippen molar-refractivity contribution in [1.29, 1.82) is 0 Å². The highest BCUT2D eigenvalue weighted by molar-refractivity contribution is 5.91. The number of hydrogen-bond acceptors (Lipinski definition) is 2. The van der Waals surface area contributed by atoms with Gasteiger partial charge < -0.3 is 10.6 Å². The number of benzene rings is 2. The average Bonchev–Trinajstić information content (AvgIpc) is 2.45. The van der Waals surface area contributed by atoms with E-state index >= 15 is 0 Å². The monoisotopic (exact) mass is 282 g/mol. The molecule has 0 heterocycles. The molecule has 0 fully saturated rings. The van der Waals surface area contributed by atoms with Gasteiger partial charge in [-0.3, -0.25) is 4.79 Å². The molecule has 0 spiro atoms. The Kier molecular flexibility index (Phi) is 4.99. The lowest BCUT2D eigenvalue weighted by atomic mass is 10.1. The molecule has 1 amide bonds. The molecule has 0 saturated carbocycles. The van der Waals surface area contributed by atoms with Gasteiger partial charge in [0.05, 0.1) is 0 Å². The maximum Gasteiger partial charge on any atom is 0.226 e. The van der Waals surface area contributed by atoms with Crippen LogP contribution in [0.25, 0.3) is 0 Å². The van der Waals surface area contributed by atoms with Crippen LogP contribution in [0, 0.1) is 20.8 Å². The number of carbonyl (C=O) groups excluding carboxylic acids is 1. The van der Waals surface area contributed by atoms with E-state index in [2.05, 4.69) is 29.7 Å². The van der Waals surface area contributed by atoms with Crippen LogP contribution < -0.4 is 10.6 Å². The molecule has 0 aliphatic carbocycles. The van der Waals surface area contributed by atoms with Gasteiger partial charge in [-0.2, -0.15) is 0 Å². The van der Waals surface area contributed by atoms with Crippen molar-refractivity contribution in [1.82, 2.24) is 0 Å². The molecule has 21 heavy (non-hydrogen) atoms. The van der Waals surface area contributed by atoms with Crippen molar-refractivity contribution in [3.05, 3.63) is 59.2 Å². The lowest BCUT2D eigenvalue weighted by molar-refractivity contribution is -0.115. The summed E-state index contributed by atoms with van der Waals surface area (Å²) in [5, 5.41) is 6.22. The van der Waals surface area contributed by atoms with Crippen LogP contribution in [0.5, 0.6) is 0 Å². The second-order valence-electron chi connectivity index (χ2n) is 5.41. The van der Waals surface area contributed by atoms with Crippen molar-refractivity contribution in [2.24, 2.45) is 0 Å². The maximum atomic E-state index is 12.0. The lowest BCUT2D eigenvalue weighted by Gasteiger charge is -2.10. The molecule has 0 aromatic heterocycles. The summed E-state index contributed by atoms with van der Waals surface area (Å²) in [6.45, 7) is 6.70. The van der Waals surface area contributed by atoms with E-state index in [4.69, 9.17) is 0 Å². The minimum Gasteiger partial charge on any atom is -0.385 e. The van der Waals surface area contributed by atoms with E-state index in [1.165, 1.54) is 5.56 Å². The summed E-state index contributed by atoms with van der Waals surface area (Å²) in [5.41, 5.74) is 5.40. The third-order valence-electron chi connectivity index (χ3n) is 3.40. The van der Waals surface area contributed by atoms with Gasteiger partial charge in [-0.15, -0.1) is 0 Å². The number of carbonyl (C=O) groups is 1. The topological polar surface area (TPSA) is 41.1 Å². The maximum absolute atomic E-state index is 12.0. The minimum absolute atomic E-state index is 0.0308. The number of rotatable bonds is 5. The molecule has 0 atom stereocenters. The summed E-state index contributed by atoms with van der Waals surface area (Å²) in [6.07, 6.45) is 0.446. The highest BCUT2D eigenvalue weighted by Gasteiger charge is 2.04. The molecule has 110 valence electrons. The van der Waals surface area contributed by atoms with Crippen LogP contribution >= 0.6 is 0 Å². The third kappa shape index (κ3) is 4.63. The lowest BCUT2D eigenvalue weighted by Crippen LogP contribution is -2.16. The highest BCUT2D eigenvalue weighted by Crippen LogP contribution is 2.16. The van der Waals surface area contributed by atoms with Crippen LogP contribution in [0.4, 0.5) is 11.4 Å². The summed E-state index contributed by atoms with van der Waals surface area (Å²) in [4.78, 5) is 12.0. The number of amides is 1. The zero-order valence-corrected chi connectivity index (χ0v) is 12.9. The van der Waals surface area contributed by atoms with Gasteiger partial charge in [-0.1, -0.05) is 29.8 Å². The number of nitrogens with one attached hydrogen (secondary N) is 2. The predicted molar refractivity (Wildman–Crippen MR) is 88.8 cm³/mol. The van der Waals surface area contributed by atoms with Gasteiger partial charge in [-0.25, -0.2) is 0 Å². The van der Waals surface area contributed by atoms with Crippen LogP contribution in [0.15, 0.2) is 42.5 Å². The van der Waals surface area contributed by atoms with Gasteiger partial charge in [-0.05, 0) is 50.1 Å². The first-order chi connectivity index (χ1) is 10.0. The van der Waals surface area contributed by atoms with Crippen LogP contribution in [0.1, 0.15) is 23.1 Å². The van der Waals surface area contributed by atoms with Crippen molar-refractivity contribution in [2.45, 2.75) is 27.2 Å². The quantitative estimate of drug-likeness (QED) is 0.868. The highest BCUT2D eigenvalue weighted by atomic mass is 16.1. The second kappa shape index (κ2) is 6.93. The van der Waals surface area contributed by atoms with E-state index in [-0.39, 0.29) is 5.91 Å². The molecule has 0 saturated heterocycles. The van der Waals surface area contributed by atoms with Crippen LogP contribution in [0.2, 0.25) is 0 Å². The molecule has 3 heteroatoms. The molecule has 0 unspecified atom stereocenters. The Bertz CT molecular complexity index is 618. The van der Waals surface area contributed by atoms with Crippen molar-refractivity contribution < 1.29 is 4.79 Å². The van der Waals surface area contributed by atoms with Gasteiger partial charge in [0, 0.05) is 24.3 Å². The van der Waals surface area contributed by atoms with Crippen molar-refractivity contribution in [3.63, 3.8) is 0 Å². The first-order valence-corrected chi connectivity index (χ1v) is 7.22. The largest absolute Gasteiger partial charge is 0.385 e. The van der Waals surface area contributed by atoms with E-state index in [1.54, 1.807) is 0 Å². The van der Waals surface area contributed by atoms with E-state index < -0.39 is 0 Å².